The predicted molar refractivity (Wildman–Crippen MR) is 76.3 cm³/mol. The molecule has 0 spiro atoms. The third kappa shape index (κ3) is 2.36. The van der Waals surface area contributed by atoms with Gasteiger partial charge in [0.05, 0.1) is 0 Å². The van der Waals surface area contributed by atoms with Crippen molar-refractivity contribution in [3.05, 3.63) is 51.1 Å². The van der Waals surface area contributed by atoms with Crippen LogP contribution in [0.15, 0.2) is 30.6 Å². The Morgan fingerprint density at radius 3 is 2.82 bits per heavy atom. The zero-order valence-corrected chi connectivity index (χ0v) is 12.0. The Hall–Kier alpha value is -0.920. The molecule has 0 radical (unpaired) electrons. The lowest BCUT2D eigenvalue weighted by atomic mass is 10.0. The highest BCUT2D eigenvalue weighted by molar-refractivity contribution is 14.1. The molecule has 2 rings (SSSR count). The lowest BCUT2D eigenvalue weighted by Gasteiger charge is -2.18. The van der Waals surface area contributed by atoms with E-state index in [9.17, 15) is 0 Å². The first-order valence-electron chi connectivity index (χ1n) is 5.33. The van der Waals surface area contributed by atoms with Crippen LogP contribution in [0.25, 0.3) is 0 Å². The lowest BCUT2D eigenvalue weighted by Crippen LogP contribution is -2.31. The first-order chi connectivity index (χ1) is 8.15. The minimum absolute atomic E-state index is 0.0817. The lowest BCUT2D eigenvalue weighted by molar-refractivity contribution is 0.577. The minimum atomic E-state index is -0.0817. The molecule has 5 heteroatoms. The fraction of sp³-hybridized carbons (Fsp3) is 0.250. The van der Waals surface area contributed by atoms with Crippen LogP contribution in [0, 0.1) is 10.5 Å². The fourth-order valence-electron chi connectivity index (χ4n) is 1.85. The number of nitrogens with two attached hydrogens (primary N) is 1. The van der Waals surface area contributed by atoms with Crippen LogP contribution in [-0.2, 0) is 7.05 Å². The Morgan fingerprint density at radius 2 is 2.24 bits per heavy atom. The number of benzene rings is 1. The van der Waals surface area contributed by atoms with E-state index in [1.807, 2.05) is 23.9 Å². The summed E-state index contributed by atoms with van der Waals surface area (Å²) in [7, 11) is 1.97. The van der Waals surface area contributed by atoms with E-state index in [-0.39, 0.29) is 6.04 Å². The Balaban J connectivity index is 2.50. The van der Waals surface area contributed by atoms with Crippen molar-refractivity contribution in [2.75, 3.05) is 0 Å². The molecule has 4 nitrogen and oxygen atoms in total. The largest absolute Gasteiger partial charge is 0.336 e. The van der Waals surface area contributed by atoms with Crippen LogP contribution in [0.4, 0.5) is 0 Å². The summed E-state index contributed by atoms with van der Waals surface area (Å²) >= 11 is 2.35. The number of aryl methyl sites for hydroxylation is 2. The molecule has 1 aromatic heterocycles. The third-order valence-electron chi connectivity index (χ3n) is 2.82. The van der Waals surface area contributed by atoms with E-state index in [1.54, 1.807) is 6.20 Å². The monoisotopic (exact) mass is 342 g/mol. The normalized spacial score (nSPS) is 12.7. The molecular weight excluding hydrogens is 327 g/mol. The van der Waals surface area contributed by atoms with Crippen LogP contribution in [-0.4, -0.2) is 9.55 Å². The second kappa shape index (κ2) is 5.16. The van der Waals surface area contributed by atoms with Gasteiger partial charge in [0.15, 0.2) is 0 Å². The van der Waals surface area contributed by atoms with Gasteiger partial charge < -0.3 is 4.57 Å². The average molecular weight is 342 g/mol. The Morgan fingerprint density at radius 1 is 1.47 bits per heavy atom. The van der Waals surface area contributed by atoms with Crippen molar-refractivity contribution in [2.24, 2.45) is 12.9 Å². The van der Waals surface area contributed by atoms with Gasteiger partial charge in [-0.1, -0.05) is 18.2 Å². The predicted octanol–water partition coefficient (Wildman–Crippen LogP) is 1.89. The summed E-state index contributed by atoms with van der Waals surface area (Å²) in [5.41, 5.74) is 5.24. The van der Waals surface area contributed by atoms with Crippen molar-refractivity contribution in [1.29, 1.82) is 0 Å². The second-order valence-electron chi connectivity index (χ2n) is 3.97. The molecule has 0 saturated heterocycles. The average Bonchev–Trinajstić information content (AvgIpc) is 2.72. The van der Waals surface area contributed by atoms with Crippen molar-refractivity contribution in [2.45, 2.75) is 13.0 Å². The summed E-state index contributed by atoms with van der Waals surface area (Å²) in [5, 5.41) is 0. The highest BCUT2D eigenvalue weighted by atomic mass is 127. The van der Waals surface area contributed by atoms with Crippen LogP contribution in [0.1, 0.15) is 23.0 Å². The van der Waals surface area contributed by atoms with E-state index in [0.29, 0.717) is 0 Å². The molecule has 1 aromatic carbocycles. The van der Waals surface area contributed by atoms with Gasteiger partial charge in [0.25, 0.3) is 0 Å². The quantitative estimate of drug-likeness (QED) is 0.509. The van der Waals surface area contributed by atoms with Crippen molar-refractivity contribution < 1.29 is 0 Å². The molecule has 0 fully saturated rings. The van der Waals surface area contributed by atoms with Gasteiger partial charge in [-0.25, -0.2) is 10.4 Å². The van der Waals surface area contributed by atoms with Gasteiger partial charge in [0.1, 0.15) is 11.9 Å². The van der Waals surface area contributed by atoms with Crippen molar-refractivity contribution in [3.63, 3.8) is 0 Å². The summed E-state index contributed by atoms with van der Waals surface area (Å²) in [4.78, 5) is 4.35. The molecule has 3 N–H and O–H groups in total. The van der Waals surface area contributed by atoms with Crippen LogP contribution >= 0.6 is 22.6 Å². The number of hydrazine groups is 1. The van der Waals surface area contributed by atoms with Crippen LogP contribution < -0.4 is 11.3 Å². The zero-order chi connectivity index (χ0) is 12.4. The molecule has 0 amide bonds. The van der Waals surface area contributed by atoms with E-state index < -0.39 is 0 Å². The summed E-state index contributed by atoms with van der Waals surface area (Å²) < 4.78 is 3.19. The van der Waals surface area contributed by atoms with E-state index in [2.05, 4.69) is 52.1 Å². The zero-order valence-electron chi connectivity index (χ0n) is 9.81. The van der Waals surface area contributed by atoms with Gasteiger partial charge in [-0.05, 0) is 40.6 Å². The van der Waals surface area contributed by atoms with Crippen LogP contribution in [0.2, 0.25) is 0 Å². The molecule has 90 valence electrons. The number of nitrogens with zero attached hydrogens (tertiary/aromatic N) is 2. The summed E-state index contributed by atoms with van der Waals surface area (Å²) in [5.74, 6) is 6.59. The highest BCUT2D eigenvalue weighted by Gasteiger charge is 2.19. The number of aromatic nitrogens is 2. The van der Waals surface area contributed by atoms with Crippen molar-refractivity contribution >= 4 is 22.6 Å². The number of halogens is 1. The molecule has 0 bridgehead atoms. The van der Waals surface area contributed by atoms with Crippen molar-refractivity contribution in [1.82, 2.24) is 15.0 Å². The highest BCUT2D eigenvalue weighted by Crippen LogP contribution is 2.26. The Bertz CT molecular complexity index is 521. The Kier molecular flexibility index (Phi) is 3.80. The SMILES string of the molecule is Cc1cccc(C(NN)c2nccn2C)c1I. The molecule has 0 aliphatic heterocycles. The van der Waals surface area contributed by atoms with Gasteiger partial charge in [0, 0.05) is 23.0 Å². The molecule has 1 unspecified atom stereocenters. The third-order valence-corrected chi connectivity index (χ3v) is 4.29. The first-order valence-corrected chi connectivity index (χ1v) is 6.41. The molecule has 0 saturated carbocycles. The number of imidazole rings is 1. The van der Waals surface area contributed by atoms with Gasteiger partial charge in [-0.2, -0.15) is 0 Å². The van der Waals surface area contributed by atoms with Gasteiger partial charge in [-0.3, -0.25) is 5.84 Å². The number of hydrogen-bond donors (Lipinski definition) is 2. The first kappa shape index (κ1) is 12.5. The second-order valence-corrected chi connectivity index (χ2v) is 5.05. The number of hydrogen-bond acceptors (Lipinski definition) is 3. The molecule has 0 aliphatic rings. The summed E-state index contributed by atoms with van der Waals surface area (Å²) in [6.45, 7) is 2.09. The van der Waals surface area contributed by atoms with Crippen molar-refractivity contribution in [3.8, 4) is 0 Å². The Labute approximate surface area is 114 Å². The van der Waals surface area contributed by atoms with Gasteiger partial charge >= 0.3 is 0 Å². The summed E-state index contributed by atoms with van der Waals surface area (Å²) in [6.07, 6.45) is 3.70. The number of rotatable bonds is 3. The standard InChI is InChI=1S/C12H15IN4/c1-8-4-3-5-9(10(8)13)11(16-14)12-15-6-7-17(12)2/h3-7,11,16H,14H2,1-2H3. The maximum absolute atomic E-state index is 5.68. The van der Waals surface area contributed by atoms with Gasteiger partial charge in [0.2, 0.25) is 0 Å². The van der Waals surface area contributed by atoms with E-state index >= 15 is 0 Å². The van der Waals surface area contributed by atoms with Crippen LogP contribution in [0.5, 0.6) is 0 Å². The smallest absolute Gasteiger partial charge is 0.131 e. The molecule has 17 heavy (non-hydrogen) atoms. The number of nitrogens with one attached hydrogen (secondary N) is 1. The molecule has 2 aromatic rings. The van der Waals surface area contributed by atoms with E-state index in [4.69, 9.17) is 5.84 Å². The molecular formula is C12H15IN4. The minimum Gasteiger partial charge on any atom is -0.336 e. The molecule has 1 heterocycles. The molecule has 1 atom stereocenters. The van der Waals surface area contributed by atoms with Crippen LogP contribution in [0.3, 0.4) is 0 Å². The van der Waals surface area contributed by atoms with Gasteiger partial charge in [-0.15, -0.1) is 0 Å². The van der Waals surface area contributed by atoms with E-state index in [0.717, 1.165) is 11.4 Å². The summed E-state index contributed by atoms with van der Waals surface area (Å²) in [6, 6.07) is 6.13. The topological polar surface area (TPSA) is 55.9 Å². The maximum Gasteiger partial charge on any atom is 0.131 e. The fourth-order valence-corrected chi connectivity index (χ4v) is 2.52. The maximum atomic E-state index is 5.68. The molecule has 0 aliphatic carbocycles. The van der Waals surface area contributed by atoms with E-state index in [1.165, 1.54) is 9.13 Å².